The Morgan fingerprint density at radius 3 is 2.59 bits per heavy atom. The molecule has 22 heavy (non-hydrogen) atoms. The molecular weight excluding hydrogens is 283 g/mol. The zero-order valence-electron chi connectivity index (χ0n) is 12.5. The minimum atomic E-state index is -0.421. The lowest BCUT2D eigenvalue weighted by Gasteiger charge is -2.33. The average molecular weight is 302 g/mol. The number of aryl methyl sites for hydroxylation is 1. The topological polar surface area (TPSA) is 66.8 Å². The lowest BCUT2D eigenvalue weighted by molar-refractivity contribution is 0.519. The van der Waals surface area contributed by atoms with Crippen LogP contribution in [0, 0.1) is 5.82 Å². The highest BCUT2D eigenvalue weighted by atomic mass is 19.1. The van der Waals surface area contributed by atoms with E-state index in [1.54, 1.807) is 6.33 Å². The third-order valence-corrected chi connectivity index (χ3v) is 3.84. The van der Waals surface area contributed by atoms with Gasteiger partial charge in [-0.15, -0.1) is 0 Å². The molecule has 0 aromatic carbocycles. The molecule has 1 saturated heterocycles. The maximum Gasteiger partial charge on any atom is 0.222 e. The van der Waals surface area contributed by atoms with Crippen molar-refractivity contribution in [3.05, 3.63) is 36.3 Å². The Kier molecular flexibility index (Phi) is 4.41. The molecule has 7 heteroatoms. The Balaban J connectivity index is 1.56. The Morgan fingerprint density at radius 1 is 1.18 bits per heavy atom. The number of hydrogen-bond acceptors (Lipinski definition) is 6. The van der Waals surface area contributed by atoms with Gasteiger partial charge in [0.05, 0.1) is 12.4 Å². The zero-order chi connectivity index (χ0) is 15.4. The number of anilines is 2. The van der Waals surface area contributed by atoms with Gasteiger partial charge in [0.2, 0.25) is 5.95 Å². The standard InChI is InChI=1S/C15H19FN6/c1-2-12-7-14(20-10-19-12)22-5-3-13(4-6-22)21-15-17-8-11(16)9-18-15/h7-10,13H,2-6H2,1H3,(H,17,18,21). The van der Waals surface area contributed by atoms with Gasteiger partial charge in [0.15, 0.2) is 5.82 Å². The van der Waals surface area contributed by atoms with Crippen molar-refractivity contribution in [3.8, 4) is 0 Å². The average Bonchev–Trinajstić information content (AvgIpc) is 2.58. The summed E-state index contributed by atoms with van der Waals surface area (Å²) in [5, 5.41) is 3.25. The quantitative estimate of drug-likeness (QED) is 0.932. The number of nitrogens with zero attached hydrogens (tertiary/aromatic N) is 5. The summed E-state index contributed by atoms with van der Waals surface area (Å²) in [7, 11) is 0. The molecule has 6 nitrogen and oxygen atoms in total. The maximum atomic E-state index is 12.8. The lowest BCUT2D eigenvalue weighted by Crippen LogP contribution is -2.39. The van der Waals surface area contributed by atoms with E-state index in [2.05, 4.69) is 43.1 Å². The van der Waals surface area contributed by atoms with Gasteiger partial charge in [-0.25, -0.2) is 24.3 Å². The van der Waals surface area contributed by atoms with E-state index < -0.39 is 5.82 Å². The van der Waals surface area contributed by atoms with E-state index in [-0.39, 0.29) is 0 Å². The van der Waals surface area contributed by atoms with Crippen molar-refractivity contribution in [2.75, 3.05) is 23.3 Å². The third-order valence-electron chi connectivity index (χ3n) is 3.84. The Bertz CT molecular complexity index is 610. The fraction of sp³-hybridized carbons (Fsp3) is 0.467. The van der Waals surface area contributed by atoms with Gasteiger partial charge in [-0.05, 0) is 19.3 Å². The van der Waals surface area contributed by atoms with E-state index in [4.69, 9.17) is 0 Å². The van der Waals surface area contributed by atoms with Crippen LogP contribution in [0.4, 0.5) is 16.2 Å². The van der Waals surface area contributed by atoms with E-state index in [1.165, 1.54) is 12.4 Å². The fourth-order valence-corrected chi connectivity index (χ4v) is 2.57. The fourth-order valence-electron chi connectivity index (χ4n) is 2.57. The monoisotopic (exact) mass is 302 g/mol. The smallest absolute Gasteiger partial charge is 0.222 e. The van der Waals surface area contributed by atoms with Crippen LogP contribution < -0.4 is 10.2 Å². The molecule has 0 unspecified atom stereocenters. The SMILES string of the molecule is CCc1cc(N2CCC(Nc3ncc(F)cn3)CC2)ncn1. The molecule has 1 aliphatic rings. The van der Waals surface area contributed by atoms with Gasteiger partial charge < -0.3 is 10.2 Å². The van der Waals surface area contributed by atoms with Crippen molar-refractivity contribution in [3.63, 3.8) is 0 Å². The summed E-state index contributed by atoms with van der Waals surface area (Å²) in [6.45, 7) is 3.92. The molecule has 1 fully saturated rings. The van der Waals surface area contributed by atoms with Gasteiger partial charge >= 0.3 is 0 Å². The molecule has 1 aliphatic heterocycles. The summed E-state index contributed by atoms with van der Waals surface area (Å²) in [4.78, 5) is 18.7. The molecule has 0 atom stereocenters. The van der Waals surface area contributed by atoms with Crippen LogP contribution in [0.1, 0.15) is 25.5 Å². The molecule has 3 rings (SSSR count). The maximum absolute atomic E-state index is 12.8. The molecule has 0 bridgehead atoms. The highest BCUT2D eigenvalue weighted by Gasteiger charge is 2.20. The molecule has 116 valence electrons. The molecule has 3 heterocycles. The molecule has 0 saturated carbocycles. The summed E-state index contributed by atoms with van der Waals surface area (Å²) in [5.41, 5.74) is 1.06. The minimum absolute atomic E-state index is 0.300. The first-order valence-corrected chi connectivity index (χ1v) is 7.54. The summed E-state index contributed by atoms with van der Waals surface area (Å²) in [6.07, 6.45) is 6.83. The molecule has 0 aliphatic carbocycles. The van der Waals surface area contributed by atoms with Crippen molar-refractivity contribution in [2.24, 2.45) is 0 Å². The van der Waals surface area contributed by atoms with Crippen LogP contribution in [0.5, 0.6) is 0 Å². The van der Waals surface area contributed by atoms with Crippen molar-refractivity contribution in [1.29, 1.82) is 0 Å². The van der Waals surface area contributed by atoms with Gasteiger partial charge in [0.25, 0.3) is 0 Å². The van der Waals surface area contributed by atoms with Crippen LogP contribution in [0.15, 0.2) is 24.8 Å². The van der Waals surface area contributed by atoms with Crippen LogP contribution >= 0.6 is 0 Å². The second-order valence-corrected chi connectivity index (χ2v) is 5.35. The molecule has 2 aromatic rings. The number of halogens is 1. The number of hydrogen-bond donors (Lipinski definition) is 1. The molecular formula is C15H19FN6. The van der Waals surface area contributed by atoms with E-state index >= 15 is 0 Å². The normalized spacial score (nSPS) is 15.8. The highest BCUT2D eigenvalue weighted by molar-refractivity contribution is 5.40. The summed E-state index contributed by atoms with van der Waals surface area (Å²) in [5.74, 6) is 1.05. The zero-order valence-corrected chi connectivity index (χ0v) is 12.5. The Morgan fingerprint density at radius 2 is 1.91 bits per heavy atom. The van der Waals surface area contributed by atoms with Crippen LogP contribution in [-0.4, -0.2) is 39.1 Å². The van der Waals surface area contributed by atoms with Gasteiger partial charge in [-0.2, -0.15) is 0 Å². The van der Waals surface area contributed by atoms with Crippen molar-refractivity contribution in [1.82, 2.24) is 19.9 Å². The Labute approximate surface area is 128 Å². The third kappa shape index (κ3) is 3.47. The molecule has 0 radical (unpaired) electrons. The second-order valence-electron chi connectivity index (χ2n) is 5.35. The van der Waals surface area contributed by atoms with Crippen LogP contribution in [0.2, 0.25) is 0 Å². The van der Waals surface area contributed by atoms with Crippen LogP contribution in [0.3, 0.4) is 0 Å². The van der Waals surface area contributed by atoms with Gasteiger partial charge in [-0.3, -0.25) is 0 Å². The Hall–Kier alpha value is -2.31. The first-order valence-electron chi connectivity index (χ1n) is 7.54. The summed E-state index contributed by atoms with van der Waals surface area (Å²) < 4.78 is 12.8. The number of piperidine rings is 1. The van der Waals surface area contributed by atoms with E-state index in [1.807, 2.05) is 0 Å². The highest BCUT2D eigenvalue weighted by Crippen LogP contribution is 2.19. The number of rotatable bonds is 4. The van der Waals surface area contributed by atoms with Crippen molar-refractivity contribution in [2.45, 2.75) is 32.2 Å². The van der Waals surface area contributed by atoms with Crippen molar-refractivity contribution < 1.29 is 4.39 Å². The van der Waals surface area contributed by atoms with Gasteiger partial charge in [-0.1, -0.05) is 6.92 Å². The van der Waals surface area contributed by atoms with Crippen molar-refractivity contribution >= 4 is 11.8 Å². The first kappa shape index (κ1) is 14.6. The lowest BCUT2D eigenvalue weighted by atomic mass is 10.1. The summed E-state index contributed by atoms with van der Waals surface area (Å²) in [6, 6.07) is 2.35. The molecule has 1 N–H and O–H groups in total. The molecule has 0 amide bonds. The van der Waals surface area contributed by atoms with Crippen LogP contribution in [-0.2, 0) is 6.42 Å². The predicted octanol–water partition coefficient (Wildman–Crippen LogP) is 2.05. The minimum Gasteiger partial charge on any atom is -0.356 e. The van der Waals surface area contributed by atoms with Crippen LogP contribution in [0.25, 0.3) is 0 Å². The second kappa shape index (κ2) is 6.64. The number of nitrogens with one attached hydrogen (secondary N) is 1. The van der Waals surface area contributed by atoms with Gasteiger partial charge in [0.1, 0.15) is 12.1 Å². The largest absolute Gasteiger partial charge is 0.356 e. The molecule has 0 spiro atoms. The van der Waals surface area contributed by atoms with E-state index in [0.717, 1.165) is 43.9 Å². The van der Waals surface area contributed by atoms with Gasteiger partial charge in [0, 0.05) is 30.9 Å². The van der Waals surface area contributed by atoms with E-state index in [0.29, 0.717) is 12.0 Å². The molecule has 2 aromatic heterocycles. The first-order chi connectivity index (χ1) is 10.7. The summed E-state index contributed by atoms with van der Waals surface area (Å²) >= 11 is 0. The van der Waals surface area contributed by atoms with E-state index in [9.17, 15) is 4.39 Å². The predicted molar refractivity (Wildman–Crippen MR) is 82.3 cm³/mol. The number of aromatic nitrogens is 4.